The molecule has 25 heavy (non-hydrogen) atoms. The molecule has 5 heteroatoms. The van der Waals surface area contributed by atoms with Crippen LogP contribution >= 0.6 is 15.9 Å². The van der Waals surface area contributed by atoms with Crippen LogP contribution in [0.1, 0.15) is 54.9 Å². The SMILES string of the molecule is CCOCc1cc(Br)ccc1C(=O)N[C@H]1C2CC3CC1C[C@](O)(C3)C2. The summed E-state index contributed by atoms with van der Waals surface area (Å²) in [6.07, 6.45) is 4.95. The summed E-state index contributed by atoms with van der Waals surface area (Å²) in [5, 5.41) is 14.0. The first-order valence-electron chi connectivity index (χ1n) is 9.37. The molecule has 4 aliphatic carbocycles. The fourth-order valence-electron chi connectivity index (χ4n) is 5.56. The van der Waals surface area contributed by atoms with E-state index in [1.54, 1.807) is 0 Å². The maximum Gasteiger partial charge on any atom is 0.251 e. The summed E-state index contributed by atoms with van der Waals surface area (Å²) < 4.78 is 6.48. The molecule has 0 radical (unpaired) electrons. The van der Waals surface area contributed by atoms with Crippen molar-refractivity contribution in [1.82, 2.24) is 5.32 Å². The summed E-state index contributed by atoms with van der Waals surface area (Å²) in [4.78, 5) is 13.0. The van der Waals surface area contributed by atoms with E-state index in [2.05, 4.69) is 21.2 Å². The number of hydrogen-bond donors (Lipinski definition) is 2. The molecular weight excluding hydrogens is 382 g/mol. The minimum absolute atomic E-state index is 0.00772. The van der Waals surface area contributed by atoms with Gasteiger partial charge in [0.05, 0.1) is 12.2 Å². The van der Waals surface area contributed by atoms with Crippen LogP contribution in [0.3, 0.4) is 0 Å². The zero-order valence-electron chi connectivity index (χ0n) is 14.6. The topological polar surface area (TPSA) is 58.6 Å². The summed E-state index contributed by atoms with van der Waals surface area (Å²) in [5.74, 6) is 1.49. The van der Waals surface area contributed by atoms with Crippen LogP contribution < -0.4 is 5.32 Å². The number of benzene rings is 1. The van der Waals surface area contributed by atoms with Crippen molar-refractivity contribution in [2.75, 3.05) is 6.61 Å². The molecule has 4 nitrogen and oxygen atoms in total. The lowest BCUT2D eigenvalue weighted by atomic mass is 9.52. The zero-order valence-corrected chi connectivity index (χ0v) is 16.2. The standard InChI is InChI=1S/C20H26BrNO3/c1-2-25-11-15-7-16(21)3-4-17(15)19(23)22-18-13-5-12-6-14(18)10-20(24,8-12)9-13/h3-4,7,12-14,18,24H,2,5-6,8-11H2,1H3,(H,22,23)/t12?,13?,14?,18-,20-. The molecular formula is C20H26BrNO3. The van der Waals surface area contributed by atoms with Crippen molar-refractivity contribution in [2.45, 2.75) is 57.3 Å². The number of halogens is 1. The third kappa shape index (κ3) is 3.38. The molecule has 4 fully saturated rings. The number of rotatable bonds is 5. The second-order valence-electron chi connectivity index (χ2n) is 8.13. The Kier molecular flexibility index (Phi) is 4.67. The number of carbonyl (C=O) groups is 1. The summed E-state index contributed by atoms with van der Waals surface area (Å²) in [5.41, 5.74) is 1.15. The van der Waals surface area contributed by atoms with Crippen molar-refractivity contribution in [3.8, 4) is 0 Å². The Morgan fingerprint density at radius 3 is 2.68 bits per heavy atom. The van der Waals surface area contributed by atoms with E-state index < -0.39 is 5.60 Å². The summed E-state index contributed by atoms with van der Waals surface area (Å²) in [6.45, 7) is 3.02. The molecule has 0 aromatic heterocycles. The summed E-state index contributed by atoms with van der Waals surface area (Å²) in [7, 11) is 0. The average molecular weight is 408 g/mol. The third-order valence-electron chi connectivity index (χ3n) is 6.31. The number of aliphatic hydroxyl groups is 1. The lowest BCUT2D eigenvalue weighted by molar-refractivity contribution is -0.136. The van der Waals surface area contributed by atoms with Gasteiger partial charge in [-0.25, -0.2) is 0 Å². The van der Waals surface area contributed by atoms with Crippen molar-refractivity contribution in [3.05, 3.63) is 33.8 Å². The van der Waals surface area contributed by atoms with Gasteiger partial charge < -0.3 is 15.2 Å². The number of carbonyl (C=O) groups excluding carboxylic acids is 1. The van der Waals surface area contributed by atoms with E-state index in [1.807, 2.05) is 25.1 Å². The van der Waals surface area contributed by atoms with E-state index in [0.29, 0.717) is 36.5 Å². The van der Waals surface area contributed by atoms with Crippen molar-refractivity contribution >= 4 is 21.8 Å². The average Bonchev–Trinajstić information content (AvgIpc) is 2.54. The first-order chi connectivity index (χ1) is 12.0. The summed E-state index contributed by atoms with van der Waals surface area (Å²) in [6, 6.07) is 5.94. The van der Waals surface area contributed by atoms with Gasteiger partial charge in [0.25, 0.3) is 5.91 Å². The Morgan fingerprint density at radius 1 is 1.32 bits per heavy atom. The van der Waals surface area contributed by atoms with Gasteiger partial charge in [-0.3, -0.25) is 4.79 Å². The Bertz CT molecular complexity index is 661. The highest BCUT2D eigenvalue weighted by molar-refractivity contribution is 9.10. The smallest absolute Gasteiger partial charge is 0.251 e. The largest absolute Gasteiger partial charge is 0.390 e. The molecule has 2 unspecified atom stereocenters. The Balaban J connectivity index is 1.51. The fourth-order valence-corrected chi connectivity index (χ4v) is 5.97. The second-order valence-corrected chi connectivity index (χ2v) is 9.05. The van der Waals surface area contributed by atoms with Crippen LogP contribution in [0.2, 0.25) is 0 Å². The van der Waals surface area contributed by atoms with E-state index >= 15 is 0 Å². The van der Waals surface area contributed by atoms with Gasteiger partial charge in [0.2, 0.25) is 0 Å². The Labute approximate surface area is 157 Å². The highest BCUT2D eigenvalue weighted by Crippen LogP contribution is 2.55. The molecule has 1 aromatic carbocycles. The van der Waals surface area contributed by atoms with Crippen molar-refractivity contribution in [2.24, 2.45) is 17.8 Å². The molecule has 0 aliphatic heterocycles. The molecule has 2 atom stereocenters. The molecule has 5 rings (SSSR count). The van der Waals surface area contributed by atoms with Gasteiger partial charge >= 0.3 is 0 Å². The third-order valence-corrected chi connectivity index (χ3v) is 6.81. The fraction of sp³-hybridized carbons (Fsp3) is 0.650. The van der Waals surface area contributed by atoms with E-state index in [1.165, 1.54) is 0 Å². The Morgan fingerprint density at radius 2 is 2.04 bits per heavy atom. The Hall–Kier alpha value is -0.910. The summed E-state index contributed by atoms with van der Waals surface area (Å²) >= 11 is 3.48. The van der Waals surface area contributed by atoms with Gasteiger partial charge in [0.15, 0.2) is 0 Å². The maximum absolute atomic E-state index is 13.0. The van der Waals surface area contributed by atoms with E-state index in [0.717, 1.165) is 42.1 Å². The van der Waals surface area contributed by atoms with Crippen molar-refractivity contribution in [1.29, 1.82) is 0 Å². The van der Waals surface area contributed by atoms with Crippen LogP contribution in [0.4, 0.5) is 0 Å². The molecule has 4 aliphatic rings. The van der Waals surface area contributed by atoms with Crippen LogP contribution in [0.5, 0.6) is 0 Å². The maximum atomic E-state index is 13.0. The molecule has 0 saturated heterocycles. The number of amides is 1. The van der Waals surface area contributed by atoms with Gasteiger partial charge in [-0.15, -0.1) is 0 Å². The highest BCUT2D eigenvalue weighted by Gasteiger charge is 2.55. The molecule has 1 amide bonds. The monoisotopic (exact) mass is 407 g/mol. The molecule has 2 N–H and O–H groups in total. The number of ether oxygens (including phenoxy) is 1. The van der Waals surface area contributed by atoms with Gasteiger partial charge in [-0.05, 0) is 80.5 Å². The van der Waals surface area contributed by atoms with E-state index in [4.69, 9.17) is 4.74 Å². The second kappa shape index (κ2) is 6.67. The van der Waals surface area contributed by atoms with Crippen LogP contribution in [0, 0.1) is 17.8 Å². The van der Waals surface area contributed by atoms with E-state index in [9.17, 15) is 9.90 Å². The minimum atomic E-state index is -0.463. The molecule has 1 aromatic rings. The number of hydrogen-bond acceptors (Lipinski definition) is 3. The van der Waals surface area contributed by atoms with Gasteiger partial charge in [0.1, 0.15) is 0 Å². The van der Waals surface area contributed by atoms with E-state index in [-0.39, 0.29) is 11.9 Å². The first kappa shape index (κ1) is 17.5. The highest BCUT2D eigenvalue weighted by atomic mass is 79.9. The zero-order chi connectivity index (χ0) is 17.6. The van der Waals surface area contributed by atoms with Gasteiger partial charge in [-0.1, -0.05) is 15.9 Å². The molecule has 0 spiro atoms. The lowest BCUT2D eigenvalue weighted by Crippen LogP contribution is -2.61. The number of nitrogens with one attached hydrogen (secondary N) is 1. The normalized spacial score (nSPS) is 35.8. The van der Waals surface area contributed by atoms with Crippen molar-refractivity contribution in [3.63, 3.8) is 0 Å². The molecule has 136 valence electrons. The molecule has 0 heterocycles. The first-order valence-corrected chi connectivity index (χ1v) is 10.2. The van der Waals surface area contributed by atoms with Crippen molar-refractivity contribution < 1.29 is 14.6 Å². The van der Waals surface area contributed by atoms with Crippen LogP contribution in [-0.2, 0) is 11.3 Å². The molecule has 4 saturated carbocycles. The van der Waals surface area contributed by atoms with Crippen LogP contribution in [-0.4, -0.2) is 29.3 Å². The van der Waals surface area contributed by atoms with Gasteiger partial charge in [-0.2, -0.15) is 0 Å². The van der Waals surface area contributed by atoms with Gasteiger partial charge in [0, 0.05) is 22.7 Å². The molecule has 4 bridgehead atoms. The van der Waals surface area contributed by atoms with Crippen LogP contribution in [0.15, 0.2) is 22.7 Å². The van der Waals surface area contributed by atoms with Crippen LogP contribution in [0.25, 0.3) is 0 Å². The predicted octanol–water partition coefficient (Wildman–Crippen LogP) is 3.66. The predicted molar refractivity (Wildman–Crippen MR) is 99.2 cm³/mol. The quantitative estimate of drug-likeness (QED) is 0.782. The minimum Gasteiger partial charge on any atom is -0.390 e. The lowest BCUT2D eigenvalue weighted by Gasteiger charge is -2.58.